The van der Waals surface area contributed by atoms with Crippen molar-refractivity contribution >= 4 is 11.8 Å². The fourth-order valence-electron chi connectivity index (χ4n) is 1.14. The highest BCUT2D eigenvalue weighted by Crippen LogP contribution is 2.10. The molecule has 0 aliphatic rings. The number of aromatic nitrogens is 1. The van der Waals surface area contributed by atoms with Crippen LogP contribution >= 0.6 is 0 Å². The minimum absolute atomic E-state index is 0.235. The summed E-state index contributed by atoms with van der Waals surface area (Å²) in [5.41, 5.74) is 7.34. The standard InChI is InChI=1S/C10H14N2O2/c1-3-14-10(13)5-8-4-9(11)12-6-7(8)2/h4,6H,3,5H2,1-2H3,(H2,11,12). The summed E-state index contributed by atoms with van der Waals surface area (Å²) in [5.74, 6) is 0.191. The quantitative estimate of drug-likeness (QED) is 0.731. The number of ether oxygens (including phenoxy) is 1. The number of pyridine rings is 1. The second kappa shape index (κ2) is 4.60. The molecule has 4 nitrogen and oxygen atoms in total. The van der Waals surface area contributed by atoms with Gasteiger partial charge in [-0.2, -0.15) is 0 Å². The molecule has 2 N–H and O–H groups in total. The molecule has 0 aromatic carbocycles. The SMILES string of the molecule is CCOC(=O)Cc1cc(N)ncc1C. The summed E-state index contributed by atoms with van der Waals surface area (Å²) in [6.45, 7) is 4.07. The molecule has 0 bridgehead atoms. The lowest BCUT2D eigenvalue weighted by Crippen LogP contribution is -2.09. The average Bonchev–Trinajstić information content (AvgIpc) is 2.12. The maximum absolute atomic E-state index is 11.2. The van der Waals surface area contributed by atoms with Crippen molar-refractivity contribution in [3.63, 3.8) is 0 Å². The highest BCUT2D eigenvalue weighted by Gasteiger charge is 2.07. The molecule has 0 radical (unpaired) electrons. The molecule has 4 heteroatoms. The van der Waals surface area contributed by atoms with Gasteiger partial charge in [0.05, 0.1) is 13.0 Å². The normalized spacial score (nSPS) is 9.86. The van der Waals surface area contributed by atoms with Crippen LogP contribution in [-0.2, 0) is 16.0 Å². The van der Waals surface area contributed by atoms with Gasteiger partial charge < -0.3 is 10.5 Å². The number of nitrogens with zero attached hydrogens (tertiary/aromatic N) is 1. The Morgan fingerprint density at radius 3 is 3.00 bits per heavy atom. The van der Waals surface area contributed by atoms with Gasteiger partial charge in [-0.1, -0.05) is 0 Å². The van der Waals surface area contributed by atoms with Crippen molar-refractivity contribution in [2.45, 2.75) is 20.3 Å². The van der Waals surface area contributed by atoms with E-state index in [4.69, 9.17) is 10.5 Å². The number of hydrogen-bond donors (Lipinski definition) is 1. The third kappa shape index (κ3) is 2.73. The molecule has 1 aromatic rings. The summed E-state index contributed by atoms with van der Waals surface area (Å²) in [7, 11) is 0. The van der Waals surface area contributed by atoms with Crippen LogP contribution in [0.15, 0.2) is 12.3 Å². The van der Waals surface area contributed by atoms with Crippen LogP contribution in [0.25, 0.3) is 0 Å². The van der Waals surface area contributed by atoms with E-state index in [0.29, 0.717) is 12.4 Å². The number of aryl methyl sites for hydroxylation is 1. The van der Waals surface area contributed by atoms with E-state index in [1.165, 1.54) is 0 Å². The molecule has 0 amide bonds. The fourth-order valence-corrected chi connectivity index (χ4v) is 1.14. The predicted octanol–water partition coefficient (Wildman–Crippen LogP) is 1.08. The summed E-state index contributed by atoms with van der Waals surface area (Å²) in [5, 5.41) is 0. The van der Waals surface area contributed by atoms with Crippen LogP contribution in [0, 0.1) is 6.92 Å². The van der Waals surface area contributed by atoms with Crippen molar-refractivity contribution in [1.82, 2.24) is 4.98 Å². The van der Waals surface area contributed by atoms with Gasteiger partial charge in [-0.05, 0) is 31.0 Å². The van der Waals surface area contributed by atoms with Gasteiger partial charge in [0.15, 0.2) is 0 Å². The summed E-state index contributed by atoms with van der Waals surface area (Å²) >= 11 is 0. The third-order valence-electron chi connectivity index (χ3n) is 1.88. The number of carbonyl (C=O) groups excluding carboxylic acids is 1. The molecule has 0 atom stereocenters. The number of hydrogen-bond acceptors (Lipinski definition) is 4. The first-order valence-electron chi connectivity index (χ1n) is 4.50. The Kier molecular flexibility index (Phi) is 3.45. The van der Waals surface area contributed by atoms with Crippen molar-refractivity contribution < 1.29 is 9.53 Å². The summed E-state index contributed by atoms with van der Waals surface area (Å²) in [6.07, 6.45) is 1.91. The molecular formula is C10H14N2O2. The van der Waals surface area contributed by atoms with E-state index in [-0.39, 0.29) is 12.4 Å². The minimum atomic E-state index is -0.235. The molecule has 1 heterocycles. The highest BCUT2D eigenvalue weighted by atomic mass is 16.5. The highest BCUT2D eigenvalue weighted by molar-refractivity contribution is 5.73. The summed E-state index contributed by atoms with van der Waals surface area (Å²) < 4.78 is 4.84. The number of rotatable bonds is 3. The lowest BCUT2D eigenvalue weighted by molar-refractivity contribution is -0.142. The molecule has 0 fully saturated rings. The second-order valence-corrected chi connectivity index (χ2v) is 3.02. The van der Waals surface area contributed by atoms with Gasteiger partial charge in [0.2, 0.25) is 0 Å². The second-order valence-electron chi connectivity index (χ2n) is 3.02. The molecule has 76 valence electrons. The fraction of sp³-hybridized carbons (Fsp3) is 0.400. The number of nitrogen functional groups attached to an aromatic ring is 1. The molecule has 0 saturated carbocycles. The van der Waals surface area contributed by atoms with E-state index < -0.39 is 0 Å². The average molecular weight is 194 g/mol. The molecule has 0 saturated heterocycles. The van der Waals surface area contributed by atoms with Gasteiger partial charge >= 0.3 is 5.97 Å². The van der Waals surface area contributed by atoms with Crippen LogP contribution in [-0.4, -0.2) is 17.6 Å². The first-order chi connectivity index (χ1) is 6.63. The van der Waals surface area contributed by atoms with E-state index in [1.807, 2.05) is 6.92 Å². The van der Waals surface area contributed by atoms with E-state index >= 15 is 0 Å². The number of nitrogens with two attached hydrogens (primary N) is 1. The molecule has 0 spiro atoms. The molecule has 14 heavy (non-hydrogen) atoms. The first-order valence-corrected chi connectivity index (χ1v) is 4.50. The Hall–Kier alpha value is -1.58. The van der Waals surface area contributed by atoms with Crippen LogP contribution in [0.2, 0.25) is 0 Å². The van der Waals surface area contributed by atoms with Crippen LogP contribution < -0.4 is 5.73 Å². The Bertz CT molecular complexity index is 337. The molecular weight excluding hydrogens is 180 g/mol. The van der Waals surface area contributed by atoms with Crippen molar-refractivity contribution in [1.29, 1.82) is 0 Å². The Morgan fingerprint density at radius 2 is 2.36 bits per heavy atom. The van der Waals surface area contributed by atoms with Gasteiger partial charge in [0.25, 0.3) is 0 Å². The zero-order valence-corrected chi connectivity index (χ0v) is 8.41. The van der Waals surface area contributed by atoms with Gasteiger partial charge in [-0.15, -0.1) is 0 Å². The zero-order chi connectivity index (χ0) is 10.6. The van der Waals surface area contributed by atoms with Crippen molar-refractivity contribution in [3.8, 4) is 0 Å². The topological polar surface area (TPSA) is 65.2 Å². The number of esters is 1. The van der Waals surface area contributed by atoms with Crippen molar-refractivity contribution in [3.05, 3.63) is 23.4 Å². The molecule has 0 unspecified atom stereocenters. The lowest BCUT2D eigenvalue weighted by Gasteiger charge is -2.05. The van der Waals surface area contributed by atoms with Gasteiger partial charge in [-0.3, -0.25) is 4.79 Å². The van der Waals surface area contributed by atoms with Crippen LogP contribution in [0.3, 0.4) is 0 Å². The predicted molar refractivity (Wildman–Crippen MR) is 53.7 cm³/mol. The smallest absolute Gasteiger partial charge is 0.310 e. The maximum atomic E-state index is 11.2. The van der Waals surface area contributed by atoms with E-state index in [0.717, 1.165) is 11.1 Å². The van der Waals surface area contributed by atoms with Gasteiger partial charge in [0, 0.05) is 6.20 Å². The van der Waals surface area contributed by atoms with Gasteiger partial charge in [0.1, 0.15) is 5.82 Å². The first kappa shape index (κ1) is 10.5. The largest absolute Gasteiger partial charge is 0.466 e. The number of anilines is 1. The van der Waals surface area contributed by atoms with E-state index in [2.05, 4.69) is 4.98 Å². The van der Waals surface area contributed by atoms with E-state index in [9.17, 15) is 4.79 Å². The maximum Gasteiger partial charge on any atom is 0.310 e. The molecule has 1 rings (SSSR count). The van der Waals surface area contributed by atoms with Crippen molar-refractivity contribution in [2.75, 3.05) is 12.3 Å². The van der Waals surface area contributed by atoms with Crippen LogP contribution in [0.5, 0.6) is 0 Å². The Labute approximate surface area is 83.1 Å². The van der Waals surface area contributed by atoms with Gasteiger partial charge in [-0.25, -0.2) is 4.98 Å². The van der Waals surface area contributed by atoms with Crippen LogP contribution in [0.4, 0.5) is 5.82 Å². The zero-order valence-electron chi connectivity index (χ0n) is 8.41. The van der Waals surface area contributed by atoms with Crippen molar-refractivity contribution in [2.24, 2.45) is 0 Å². The lowest BCUT2D eigenvalue weighted by atomic mass is 10.1. The molecule has 1 aromatic heterocycles. The Morgan fingerprint density at radius 1 is 1.64 bits per heavy atom. The Balaban J connectivity index is 2.75. The van der Waals surface area contributed by atoms with E-state index in [1.54, 1.807) is 19.2 Å². The third-order valence-corrected chi connectivity index (χ3v) is 1.88. The molecule has 0 aliphatic heterocycles. The minimum Gasteiger partial charge on any atom is -0.466 e. The summed E-state index contributed by atoms with van der Waals surface area (Å²) in [4.78, 5) is 15.1. The van der Waals surface area contributed by atoms with Crippen LogP contribution in [0.1, 0.15) is 18.1 Å². The monoisotopic (exact) mass is 194 g/mol. The summed E-state index contributed by atoms with van der Waals surface area (Å²) in [6, 6.07) is 1.70. The molecule has 0 aliphatic carbocycles. The number of carbonyl (C=O) groups is 1.